The van der Waals surface area contributed by atoms with Gasteiger partial charge in [-0.05, 0) is 44.4 Å². The van der Waals surface area contributed by atoms with Crippen LogP contribution in [0.1, 0.15) is 59.1 Å². The number of carbonyl (C=O) groups is 1. The smallest absolute Gasteiger partial charge is 0.358 e. The van der Waals surface area contributed by atoms with Crippen molar-refractivity contribution in [1.82, 2.24) is 20.0 Å². The second-order valence-corrected chi connectivity index (χ2v) is 9.15. The summed E-state index contributed by atoms with van der Waals surface area (Å²) in [5, 5.41) is 7.36. The van der Waals surface area contributed by atoms with Crippen molar-refractivity contribution in [3.63, 3.8) is 0 Å². The van der Waals surface area contributed by atoms with Crippen LogP contribution in [0.15, 0.2) is 42.5 Å². The van der Waals surface area contributed by atoms with Crippen LogP contribution in [0.5, 0.6) is 0 Å². The maximum absolute atomic E-state index is 14.7. The van der Waals surface area contributed by atoms with E-state index in [9.17, 15) is 26.7 Å². The minimum atomic E-state index is -4.85. The first kappa shape index (κ1) is 26.8. The third kappa shape index (κ3) is 5.25. The first-order valence-corrected chi connectivity index (χ1v) is 12.2. The minimum Gasteiger partial charge on any atom is -0.358 e. The van der Waals surface area contributed by atoms with Crippen molar-refractivity contribution in [2.45, 2.75) is 57.9 Å². The van der Waals surface area contributed by atoms with E-state index >= 15 is 0 Å². The van der Waals surface area contributed by atoms with E-state index in [4.69, 9.17) is 0 Å². The largest absolute Gasteiger partial charge is 0.416 e. The molecule has 4 rings (SSSR count). The van der Waals surface area contributed by atoms with Crippen LogP contribution < -0.4 is 5.32 Å². The van der Waals surface area contributed by atoms with Crippen LogP contribution in [0, 0.1) is 18.6 Å². The van der Waals surface area contributed by atoms with Crippen molar-refractivity contribution in [3.8, 4) is 0 Å². The van der Waals surface area contributed by atoms with Crippen LogP contribution in [0.3, 0.4) is 0 Å². The lowest BCUT2D eigenvalue weighted by atomic mass is 9.88. The first-order chi connectivity index (χ1) is 17.6. The summed E-state index contributed by atoms with van der Waals surface area (Å²) in [5.41, 5.74) is 1.64. The Morgan fingerprint density at radius 1 is 1.16 bits per heavy atom. The van der Waals surface area contributed by atoms with E-state index in [1.54, 1.807) is 7.05 Å². The molecular weight excluding hydrogens is 491 g/mol. The highest BCUT2D eigenvalue weighted by Crippen LogP contribution is 2.41. The molecule has 0 saturated carbocycles. The molecule has 1 amide bonds. The molecule has 198 valence electrons. The summed E-state index contributed by atoms with van der Waals surface area (Å²) < 4.78 is 70.4. The van der Waals surface area contributed by atoms with Crippen LogP contribution >= 0.6 is 0 Å². The molecule has 0 aliphatic carbocycles. The number of fused-ring (bicyclic) bond motifs is 1. The van der Waals surface area contributed by atoms with E-state index < -0.39 is 41.0 Å². The summed E-state index contributed by atoms with van der Waals surface area (Å²) in [6, 6.07) is 8.78. The van der Waals surface area contributed by atoms with Gasteiger partial charge in [0.05, 0.1) is 11.3 Å². The van der Waals surface area contributed by atoms with Crippen molar-refractivity contribution < 1.29 is 26.7 Å². The zero-order valence-electron chi connectivity index (χ0n) is 20.9. The second kappa shape index (κ2) is 10.6. The second-order valence-electron chi connectivity index (χ2n) is 9.15. The van der Waals surface area contributed by atoms with Crippen molar-refractivity contribution in [2.75, 3.05) is 13.6 Å². The van der Waals surface area contributed by atoms with E-state index in [0.717, 1.165) is 22.5 Å². The number of aryl methyl sites for hydroxylation is 2. The van der Waals surface area contributed by atoms with E-state index in [2.05, 4.69) is 10.4 Å². The van der Waals surface area contributed by atoms with Gasteiger partial charge in [-0.15, -0.1) is 0 Å². The number of hydrogen-bond acceptors (Lipinski definition) is 3. The molecule has 0 bridgehead atoms. The molecule has 3 aromatic rings. The molecule has 0 spiro atoms. The van der Waals surface area contributed by atoms with Crippen molar-refractivity contribution in [2.24, 2.45) is 0 Å². The number of nitrogens with zero attached hydrogens (tertiary/aromatic N) is 3. The molecule has 0 radical (unpaired) electrons. The normalized spacial score (nSPS) is 16.9. The van der Waals surface area contributed by atoms with E-state index in [1.807, 2.05) is 53.8 Å². The number of benzene rings is 2. The van der Waals surface area contributed by atoms with Gasteiger partial charge in [-0.1, -0.05) is 30.3 Å². The van der Waals surface area contributed by atoms with E-state index in [-0.39, 0.29) is 18.7 Å². The lowest BCUT2D eigenvalue weighted by molar-refractivity contribution is -0.138. The van der Waals surface area contributed by atoms with Crippen LogP contribution in [-0.4, -0.2) is 34.2 Å². The summed E-state index contributed by atoms with van der Waals surface area (Å²) in [7, 11) is 1.55. The minimum absolute atomic E-state index is 0.150. The number of nitrogens with one attached hydrogen (secondary N) is 1. The lowest BCUT2D eigenvalue weighted by Gasteiger charge is -2.41. The Bertz CT molecular complexity index is 1250. The highest BCUT2D eigenvalue weighted by molar-refractivity contribution is 5.83. The van der Waals surface area contributed by atoms with Gasteiger partial charge < -0.3 is 5.32 Å². The molecule has 0 fully saturated rings. The highest BCUT2D eigenvalue weighted by atomic mass is 19.4. The Labute approximate surface area is 212 Å². The van der Waals surface area contributed by atoms with Gasteiger partial charge >= 0.3 is 6.18 Å². The summed E-state index contributed by atoms with van der Waals surface area (Å²) in [4.78, 5) is 15.1. The molecule has 2 atom stereocenters. The van der Waals surface area contributed by atoms with Crippen molar-refractivity contribution in [1.29, 1.82) is 0 Å². The van der Waals surface area contributed by atoms with Gasteiger partial charge in [-0.25, -0.2) is 8.78 Å². The van der Waals surface area contributed by atoms with Crippen LogP contribution in [0.4, 0.5) is 22.0 Å². The molecular formula is C27H29F5N4O. The predicted octanol–water partition coefficient (Wildman–Crippen LogP) is 5.53. The van der Waals surface area contributed by atoms with Gasteiger partial charge in [0.25, 0.3) is 0 Å². The quantitative estimate of drug-likeness (QED) is 0.417. The molecule has 1 aromatic heterocycles. The number of carbonyl (C=O) groups excluding carboxylic acids is 1. The molecule has 0 saturated heterocycles. The molecule has 1 N–H and O–H groups in total. The average molecular weight is 521 g/mol. The van der Waals surface area contributed by atoms with E-state index in [1.165, 1.54) is 0 Å². The predicted molar refractivity (Wildman–Crippen MR) is 129 cm³/mol. The number of rotatable bonds is 7. The Balaban J connectivity index is 1.76. The Morgan fingerprint density at radius 2 is 1.81 bits per heavy atom. The van der Waals surface area contributed by atoms with Gasteiger partial charge in [0, 0.05) is 49.4 Å². The topological polar surface area (TPSA) is 50.2 Å². The Hall–Kier alpha value is -3.27. The summed E-state index contributed by atoms with van der Waals surface area (Å²) >= 11 is 0. The number of hydrogen-bond donors (Lipinski definition) is 1. The van der Waals surface area contributed by atoms with Crippen LogP contribution in [0.25, 0.3) is 0 Å². The average Bonchev–Trinajstić information content (AvgIpc) is 3.20. The van der Waals surface area contributed by atoms with E-state index in [0.29, 0.717) is 31.6 Å². The summed E-state index contributed by atoms with van der Waals surface area (Å²) in [6.45, 7) is 4.97. The van der Waals surface area contributed by atoms with Crippen molar-refractivity contribution >= 4 is 5.91 Å². The number of likely N-dealkylation sites (N-methyl/N-ethyl adjacent to an activating group) is 1. The number of alkyl halides is 3. The monoisotopic (exact) mass is 520 g/mol. The number of aromatic nitrogens is 2. The van der Waals surface area contributed by atoms with Crippen LogP contribution in [0.2, 0.25) is 0 Å². The molecule has 0 unspecified atom stereocenters. The third-order valence-corrected chi connectivity index (χ3v) is 7.00. The zero-order chi connectivity index (χ0) is 26.9. The Morgan fingerprint density at radius 3 is 2.38 bits per heavy atom. The zero-order valence-corrected chi connectivity index (χ0v) is 20.9. The fraction of sp³-hybridized carbons (Fsp3) is 0.407. The molecule has 5 nitrogen and oxygen atoms in total. The summed E-state index contributed by atoms with van der Waals surface area (Å²) in [5.74, 6) is -2.70. The van der Waals surface area contributed by atoms with Gasteiger partial charge in [-0.3, -0.25) is 14.4 Å². The Kier molecular flexibility index (Phi) is 7.68. The molecule has 1 aliphatic heterocycles. The third-order valence-electron chi connectivity index (χ3n) is 7.00. The van der Waals surface area contributed by atoms with Gasteiger partial charge in [-0.2, -0.15) is 18.3 Å². The standard InChI is InChI=1S/C27H29F5N4O/c1-4-36-23-12-13-35(25(26(37)33-3)17-8-6-5-7-9-17)22(24(23)16(2)34-36)11-10-19-20(28)14-18(15-21(19)29)27(30,31)32/h5-9,14-15,22,25H,4,10-13H2,1-3H3,(H,33,37)/t22-,25+/m0/s1. The fourth-order valence-electron chi connectivity index (χ4n) is 5.33. The molecule has 37 heavy (non-hydrogen) atoms. The lowest BCUT2D eigenvalue weighted by Crippen LogP contribution is -2.45. The number of amides is 1. The van der Waals surface area contributed by atoms with Crippen molar-refractivity contribution in [3.05, 3.63) is 87.7 Å². The SMILES string of the molecule is CCn1nc(C)c2c1CCN([C@@H](C(=O)NC)c1ccccc1)[C@H]2CCc1c(F)cc(C(F)(F)F)cc1F. The highest BCUT2D eigenvalue weighted by Gasteiger charge is 2.39. The first-order valence-electron chi connectivity index (χ1n) is 12.2. The number of halogens is 5. The van der Waals surface area contributed by atoms with Crippen LogP contribution in [-0.2, 0) is 30.4 Å². The maximum Gasteiger partial charge on any atom is 0.416 e. The maximum atomic E-state index is 14.7. The molecule has 2 aromatic carbocycles. The molecule has 1 aliphatic rings. The van der Waals surface area contributed by atoms with Gasteiger partial charge in [0.15, 0.2) is 0 Å². The fourth-order valence-corrected chi connectivity index (χ4v) is 5.33. The summed E-state index contributed by atoms with van der Waals surface area (Å²) in [6.07, 6.45) is -4.19. The van der Waals surface area contributed by atoms with Gasteiger partial charge in [0.1, 0.15) is 17.7 Å². The molecule has 2 heterocycles. The van der Waals surface area contributed by atoms with Gasteiger partial charge in [0.2, 0.25) is 5.91 Å². The molecule has 10 heteroatoms.